The molecule has 4 heteroatoms. The van der Waals surface area contributed by atoms with Crippen molar-refractivity contribution in [3.63, 3.8) is 0 Å². The van der Waals surface area contributed by atoms with Gasteiger partial charge in [0.05, 0.1) is 25.4 Å². The summed E-state index contributed by atoms with van der Waals surface area (Å²) in [6, 6.07) is 15.4. The van der Waals surface area contributed by atoms with Crippen LogP contribution in [0, 0.1) is 0 Å². The second-order valence-corrected chi connectivity index (χ2v) is 7.86. The Labute approximate surface area is 181 Å². The smallest absolute Gasteiger partial charge is 0.119 e. The molecule has 0 saturated heterocycles. The average Bonchev–Trinajstić information content (AvgIpc) is 2.77. The minimum absolute atomic E-state index is 0.480. The normalized spacial score (nSPS) is 13.1. The van der Waals surface area contributed by atoms with E-state index in [4.69, 9.17) is 9.47 Å². The molecule has 2 atom stereocenters. The van der Waals surface area contributed by atoms with Gasteiger partial charge in [-0.05, 0) is 61.1 Å². The average molecular weight is 415 g/mol. The molecular formula is C26H38O4. The quantitative estimate of drug-likeness (QED) is 0.332. The lowest BCUT2D eigenvalue weighted by molar-refractivity contribution is 0.146. The van der Waals surface area contributed by atoms with E-state index in [1.54, 1.807) is 0 Å². The van der Waals surface area contributed by atoms with Crippen molar-refractivity contribution in [2.75, 3.05) is 13.2 Å². The number of hydrogen-bond acceptors (Lipinski definition) is 4. The third-order valence-corrected chi connectivity index (χ3v) is 5.27. The monoisotopic (exact) mass is 414 g/mol. The Morgan fingerprint density at radius 2 is 0.967 bits per heavy atom. The molecule has 2 rings (SSSR count). The predicted molar refractivity (Wildman–Crippen MR) is 122 cm³/mol. The SMILES string of the molecule is CCCCOc1ccc([C@H](O)CCCC[C@@H](O)c2ccc(OCCCC)cc2)cc1. The molecule has 0 spiro atoms. The molecule has 2 aromatic rings. The van der Waals surface area contributed by atoms with E-state index in [-0.39, 0.29) is 0 Å². The molecule has 2 N–H and O–H groups in total. The lowest BCUT2D eigenvalue weighted by Crippen LogP contribution is -2.01. The molecule has 0 saturated carbocycles. The number of benzene rings is 2. The standard InChI is InChI=1S/C26H38O4/c1-3-5-19-29-23-15-11-21(12-16-23)25(27)9-7-8-10-26(28)22-13-17-24(18-14-22)30-20-6-4-2/h11-18,25-28H,3-10,19-20H2,1-2H3/t25-,26-/m1/s1. The lowest BCUT2D eigenvalue weighted by Gasteiger charge is -2.14. The molecular weight excluding hydrogens is 376 g/mol. The molecule has 4 nitrogen and oxygen atoms in total. The minimum Gasteiger partial charge on any atom is -0.494 e. The fourth-order valence-corrected chi connectivity index (χ4v) is 3.25. The van der Waals surface area contributed by atoms with Crippen molar-refractivity contribution in [1.29, 1.82) is 0 Å². The first kappa shape index (κ1) is 24.2. The van der Waals surface area contributed by atoms with E-state index in [2.05, 4.69) is 13.8 Å². The Balaban J connectivity index is 1.67. The van der Waals surface area contributed by atoms with Crippen LogP contribution < -0.4 is 9.47 Å². The third-order valence-electron chi connectivity index (χ3n) is 5.27. The van der Waals surface area contributed by atoms with E-state index in [0.717, 1.165) is 74.4 Å². The van der Waals surface area contributed by atoms with Crippen LogP contribution in [0.4, 0.5) is 0 Å². The van der Waals surface area contributed by atoms with Crippen molar-refractivity contribution in [1.82, 2.24) is 0 Å². The van der Waals surface area contributed by atoms with Crippen molar-refractivity contribution in [3.05, 3.63) is 59.7 Å². The first-order valence-electron chi connectivity index (χ1n) is 11.5. The molecule has 0 aliphatic rings. The number of ether oxygens (including phenoxy) is 2. The highest BCUT2D eigenvalue weighted by Crippen LogP contribution is 2.26. The van der Waals surface area contributed by atoms with Crippen LogP contribution in [-0.4, -0.2) is 23.4 Å². The van der Waals surface area contributed by atoms with Gasteiger partial charge in [-0.2, -0.15) is 0 Å². The van der Waals surface area contributed by atoms with Crippen molar-refractivity contribution >= 4 is 0 Å². The van der Waals surface area contributed by atoms with E-state index in [1.807, 2.05) is 48.5 Å². The summed E-state index contributed by atoms with van der Waals surface area (Å²) < 4.78 is 11.3. The molecule has 0 aliphatic heterocycles. The van der Waals surface area contributed by atoms with Gasteiger partial charge in [0.2, 0.25) is 0 Å². The van der Waals surface area contributed by atoms with Crippen LogP contribution in [0.5, 0.6) is 11.5 Å². The summed E-state index contributed by atoms with van der Waals surface area (Å²) >= 11 is 0. The van der Waals surface area contributed by atoms with E-state index in [1.165, 1.54) is 0 Å². The zero-order valence-electron chi connectivity index (χ0n) is 18.6. The van der Waals surface area contributed by atoms with E-state index >= 15 is 0 Å². The van der Waals surface area contributed by atoms with Gasteiger partial charge in [-0.1, -0.05) is 63.8 Å². The summed E-state index contributed by atoms with van der Waals surface area (Å²) in [5.41, 5.74) is 1.83. The van der Waals surface area contributed by atoms with E-state index < -0.39 is 12.2 Å². The van der Waals surface area contributed by atoms with Crippen molar-refractivity contribution in [2.24, 2.45) is 0 Å². The van der Waals surface area contributed by atoms with Crippen molar-refractivity contribution in [2.45, 2.75) is 77.4 Å². The first-order valence-corrected chi connectivity index (χ1v) is 11.5. The highest BCUT2D eigenvalue weighted by Gasteiger charge is 2.10. The third kappa shape index (κ3) is 8.76. The maximum Gasteiger partial charge on any atom is 0.119 e. The summed E-state index contributed by atoms with van der Waals surface area (Å²) in [6.45, 7) is 5.74. The van der Waals surface area contributed by atoms with Crippen LogP contribution in [0.3, 0.4) is 0 Å². The van der Waals surface area contributed by atoms with Gasteiger partial charge in [0.1, 0.15) is 11.5 Å². The number of aliphatic hydroxyl groups is 2. The van der Waals surface area contributed by atoms with Crippen molar-refractivity contribution < 1.29 is 19.7 Å². The van der Waals surface area contributed by atoms with Crippen LogP contribution in [0.15, 0.2) is 48.5 Å². The van der Waals surface area contributed by atoms with Crippen LogP contribution in [0.2, 0.25) is 0 Å². The lowest BCUT2D eigenvalue weighted by atomic mass is 9.99. The molecule has 0 aliphatic carbocycles. The Kier molecular flexibility index (Phi) is 11.3. The predicted octanol–water partition coefficient (Wildman–Crippen LogP) is 6.37. The molecule has 0 bridgehead atoms. The first-order chi connectivity index (χ1) is 14.6. The molecule has 0 heterocycles. The molecule has 0 unspecified atom stereocenters. The van der Waals surface area contributed by atoms with E-state index in [0.29, 0.717) is 12.8 Å². The summed E-state index contributed by atoms with van der Waals surface area (Å²) in [5.74, 6) is 1.70. The zero-order valence-corrected chi connectivity index (χ0v) is 18.6. The Morgan fingerprint density at radius 3 is 1.30 bits per heavy atom. The van der Waals surface area contributed by atoms with E-state index in [9.17, 15) is 10.2 Å². The maximum absolute atomic E-state index is 10.4. The fraction of sp³-hybridized carbons (Fsp3) is 0.538. The van der Waals surface area contributed by atoms with Gasteiger partial charge in [0.15, 0.2) is 0 Å². The van der Waals surface area contributed by atoms with Gasteiger partial charge < -0.3 is 19.7 Å². The molecule has 2 aromatic carbocycles. The van der Waals surface area contributed by atoms with Gasteiger partial charge in [-0.3, -0.25) is 0 Å². The minimum atomic E-state index is -0.480. The van der Waals surface area contributed by atoms with Crippen LogP contribution in [0.25, 0.3) is 0 Å². The Bertz CT molecular complexity index is 620. The van der Waals surface area contributed by atoms with Gasteiger partial charge in [0.25, 0.3) is 0 Å². The highest BCUT2D eigenvalue weighted by molar-refractivity contribution is 5.29. The number of hydrogen-bond donors (Lipinski definition) is 2. The summed E-state index contributed by atoms with van der Waals surface area (Å²) in [6.07, 6.45) is 6.48. The second-order valence-electron chi connectivity index (χ2n) is 7.86. The maximum atomic E-state index is 10.4. The topological polar surface area (TPSA) is 58.9 Å². The van der Waals surface area contributed by atoms with Gasteiger partial charge in [-0.15, -0.1) is 0 Å². The summed E-state index contributed by atoms with van der Waals surface area (Å²) in [7, 11) is 0. The van der Waals surface area contributed by atoms with Gasteiger partial charge in [0, 0.05) is 0 Å². The number of rotatable bonds is 15. The Morgan fingerprint density at radius 1 is 0.600 bits per heavy atom. The van der Waals surface area contributed by atoms with Crippen LogP contribution in [-0.2, 0) is 0 Å². The highest BCUT2D eigenvalue weighted by atomic mass is 16.5. The zero-order chi connectivity index (χ0) is 21.6. The van der Waals surface area contributed by atoms with Gasteiger partial charge in [-0.25, -0.2) is 0 Å². The molecule has 0 radical (unpaired) electrons. The number of aliphatic hydroxyl groups excluding tert-OH is 2. The molecule has 0 fully saturated rings. The molecule has 0 aromatic heterocycles. The summed E-state index contributed by atoms with van der Waals surface area (Å²) in [4.78, 5) is 0. The Hall–Kier alpha value is -2.04. The fourth-order valence-electron chi connectivity index (χ4n) is 3.25. The van der Waals surface area contributed by atoms with Crippen LogP contribution >= 0.6 is 0 Å². The van der Waals surface area contributed by atoms with Gasteiger partial charge >= 0.3 is 0 Å². The molecule has 166 valence electrons. The summed E-state index contributed by atoms with van der Waals surface area (Å²) in [5, 5.41) is 20.8. The molecule has 0 amide bonds. The largest absolute Gasteiger partial charge is 0.494 e. The van der Waals surface area contributed by atoms with Crippen molar-refractivity contribution in [3.8, 4) is 11.5 Å². The number of unbranched alkanes of at least 4 members (excludes halogenated alkanes) is 3. The molecule has 30 heavy (non-hydrogen) atoms. The van der Waals surface area contributed by atoms with Crippen LogP contribution in [0.1, 0.15) is 88.5 Å². The second kappa shape index (κ2) is 14.1.